The predicted molar refractivity (Wildman–Crippen MR) is 66.8 cm³/mol. The molecule has 1 aromatic rings. The Bertz CT molecular complexity index is 403. The molecule has 92 valence electrons. The molecule has 0 radical (unpaired) electrons. The highest BCUT2D eigenvalue weighted by Gasteiger charge is 2.42. The molecule has 3 heteroatoms. The van der Waals surface area contributed by atoms with Gasteiger partial charge in [0.25, 0.3) is 0 Å². The van der Waals surface area contributed by atoms with Crippen molar-refractivity contribution in [3.63, 3.8) is 0 Å². The molecular formula is C14H19NO2. The highest BCUT2D eigenvalue weighted by atomic mass is 16.4. The molecule has 0 aliphatic heterocycles. The van der Waals surface area contributed by atoms with Crippen molar-refractivity contribution in [3.8, 4) is 0 Å². The zero-order valence-corrected chi connectivity index (χ0v) is 10.1. The standard InChI is InChI=1S/C14H19NO2/c1-2-12(15)14(9-13(16)17)7-10-5-3-4-6-11(10)8-14/h3-6,12H,2,7-9,15H2,1H3,(H,16,17). The van der Waals surface area contributed by atoms with Crippen LogP contribution in [-0.4, -0.2) is 17.1 Å². The Balaban J connectivity index is 2.31. The molecule has 1 atom stereocenters. The van der Waals surface area contributed by atoms with E-state index in [4.69, 9.17) is 10.8 Å². The molecule has 0 amide bonds. The van der Waals surface area contributed by atoms with Gasteiger partial charge in [0.05, 0.1) is 6.42 Å². The average molecular weight is 233 g/mol. The van der Waals surface area contributed by atoms with Crippen LogP contribution in [0.2, 0.25) is 0 Å². The van der Waals surface area contributed by atoms with Crippen LogP contribution >= 0.6 is 0 Å². The van der Waals surface area contributed by atoms with Crippen LogP contribution in [0.5, 0.6) is 0 Å². The summed E-state index contributed by atoms with van der Waals surface area (Å²) in [5, 5.41) is 9.11. The van der Waals surface area contributed by atoms with Crippen LogP contribution in [-0.2, 0) is 17.6 Å². The second kappa shape index (κ2) is 4.49. The maximum Gasteiger partial charge on any atom is 0.303 e. The monoisotopic (exact) mass is 233 g/mol. The summed E-state index contributed by atoms with van der Waals surface area (Å²) in [7, 11) is 0. The molecule has 1 aliphatic rings. The minimum absolute atomic E-state index is 0.0500. The van der Waals surface area contributed by atoms with Crippen molar-refractivity contribution in [2.24, 2.45) is 11.1 Å². The minimum Gasteiger partial charge on any atom is -0.481 e. The van der Waals surface area contributed by atoms with Gasteiger partial charge in [0.15, 0.2) is 0 Å². The van der Waals surface area contributed by atoms with Crippen molar-refractivity contribution in [2.75, 3.05) is 0 Å². The number of aliphatic carboxylic acids is 1. The van der Waals surface area contributed by atoms with E-state index in [0.717, 1.165) is 19.3 Å². The second-order valence-corrected chi connectivity index (χ2v) is 5.07. The third-order valence-electron chi connectivity index (χ3n) is 3.93. The number of benzene rings is 1. The molecule has 0 bridgehead atoms. The lowest BCUT2D eigenvalue weighted by Crippen LogP contribution is -2.43. The van der Waals surface area contributed by atoms with Gasteiger partial charge in [-0.05, 0) is 30.4 Å². The Morgan fingerprint density at radius 1 is 1.41 bits per heavy atom. The summed E-state index contributed by atoms with van der Waals surface area (Å²) in [6.07, 6.45) is 2.58. The Morgan fingerprint density at radius 2 is 1.94 bits per heavy atom. The van der Waals surface area contributed by atoms with Crippen LogP contribution in [0.1, 0.15) is 30.9 Å². The van der Waals surface area contributed by atoms with E-state index in [-0.39, 0.29) is 17.9 Å². The van der Waals surface area contributed by atoms with Crippen LogP contribution < -0.4 is 5.73 Å². The lowest BCUT2D eigenvalue weighted by atomic mass is 9.74. The highest BCUT2D eigenvalue weighted by molar-refractivity contribution is 5.68. The smallest absolute Gasteiger partial charge is 0.303 e. The average Bonchev–Trinajstić information content (AvgIpc) is 2.65. The first kappa shape index (κ1) is 12.1. The molecule has 0 fully saturated rings. The van der Waals surface area contributed by atoms with Gasteiger partial charge in [-0.3, -0.25) is 4.79 Å². The van der Waals surface area contributed by atoms with E-state index in [1.54, 1.807) is 0 Å². The number of rotatable bonds is 4. The van der Waals surface area contributed by atoms with Crippen molar-refractivity contribution in [1.29, 1.82) is 0 Å². The van der Waals surface area contributed by atoms with Crippen LogP contribution in [0, 0.1) is 5.41 Å². The minimum atomic E-state index is -0.748. The fourth-order valence-corrected chi connectivity index (χ4v) is 2.98. The van der Waals surface area contributed by atoms with Gasteiger partial charge in [-0.2, -0.15) is 0 Å². The van der Waals surface area contributed by atoms with E-state index in [0.29, 0.717) is 0 Å². The topological polar surface area (TPSA) is 63.3 Å². The summed E-state index contributed by atoms with van der Waals surface area (Å²) in [6, 6.07) is 8.13. The van der Waals surface area contributed by atoms with Gasteiger partial charge in [0.1, 0.15) is 0 Å². The molecule has 0 heterocycles. The summed E-state index contributed by atoms with van der Waals surface area (Å²) in [4.78, 5) is 11.1. The summed E-state index contributed by atoms with van der Waals surface area (Å²) < 4.78 is 0. The Kier molecular flexibility index (Phi) is 3.20. The van der Waals surface area contributed by atoms with Crippen molar-refractivity contribution in [2.45, 2.75) is 38.6 Å². The Morgan fingerprint density at radius 3 is 2.35 bits per heavy atom. The SMILES string of the molecule is CCC(N)C1(CC(=O)O)Cc2ccccc2C1. The van der Waals surface area contributed by atoms with Gasteiger partial charge in [0.2, 0.25) is 0 Å². The quantitative estimate of drug-likeness (QED) is 0.836. The summed E-state index contributed by atoms with van der Waals surface area (Å²) >= 11 is 0. The van der Waals surface area contributed by atoms with Gasteiger partial charge in [-0.1, -0.05) is 31.2 Å². The molecule has 0 saturated carbocycles. The predicted octanol–water partition coefficient (Wildman–Crippen LogP) is 1.98. The van der Waals surface area contributed by atoms with E-state index in [1.165, 1.54) is 11.1 Å². The number of hydrogen-bond acceptors (Lipinski definition) is 2. The normalized spacial score (nSPS) is 18.7. The van der Waals surface area contributed by atoms with Crippen LogP contribution in [0.4, 0.5) is 0 Å². The molecule has 3 nitrogen and oxygen atoms in total. The maximum atomic E-state index is 11.1. The van der Waals surface area contributed by atoms with E-state index in [2.05, 4.69) is 12.1 Å². The molecular weight excluding hydrogens is 214 g/mol. The number of fused-ring (bicyclic) bond motifs is 1. The Hall–Kier alpha value is -1.35. The first-order valence-electron chi connectivity index (χ1n) is 6.11. The van der Waals surface area contributed by atoms with E-state index >= 15 is 0 Å². The van der Waals surface area contributed by atoms with Gasteiger partial charge < -0.3 is 10.8 Å². The molecule has 1 aromatic carbocycles. The number of carbonyl (C=O) groups is 1. The van der Waals surface area contributed by atoms with Gasteiger partial charge >= 0.3 is 5.97 Å². The Labute approximate surface area is 102 Å². The number of carboxylic acid groups (broad SMARTS) is 1. The molecule has 0 aromatic heterocycles. The van der Waals surface area contributed by atoms with Gasteiger partial charge in [-0.25, -0.2) is 0 Å². The second-order valence-electron chi connectivity index (χ2n) is 5.07. The molecule has 0 spiro atoms. The lowest BCUT2D eigenvalue weighted by molar-refractivity contribution is -0.140. The molecule has 17 heavy (non-hydrogen) atoms. The van der Waals surface area contributed by atoms with E-state index < -0.39 is 5.97 Å². The van der Waals surface area contributed by atoms with Crippen LogP contribution in [0.3, 0.4) is 0 Å². The fraction of sp³-hybridized carbons (Fsp3) is 0.500. The molecule has 1 unspecified atom stereocenters. The van der Waals surface area contributed by atoms with Crippen LogP contribution in [0.25, 0.3) is 0 Å². The number of nitrogens with two attached hydrogens (primary N) is 1. The summed E-state index contributed by atoms with van der Waals surface area (Å²) in [6.45, 7) is 2.03. The van der Waals surface area contributed by atoms with Crippen molar-refractivity contribution in [1.82, 2.24) is 0 Å². The van der Waals surface area contributed by atoms with Crippen molar-refractivity contribution < 1.29 is 9.90 Å². The van der Waals surface area contributed by atoms with Crippen molar-refractivity contribution >= 4 is 5.97 Å². The zero-order valence-electron chi connectivity index (χ0n) is 10.1. The lowest BCUT2D eigenvalue weighted by Gasteiger charge is -2.33. The summed E-state index contributed by atoms with van der Waals surface area (Å²) in [5.41, 5.74) is 8.41. The third-order valence-corrected chi connectivity index (χ3v) is 3.93. The number of carboxylic acids is 1. The van der Waals surface area contributed by atoms with E-state index in [1.807, 2.05) is 19.1 Å². The molecule has 3 N–H and O–H groups in total. The van der Waals surface area contributed by atoms with Crippen molar-refractivity contribution in [3.05, 3.63) is 35.4 Å². The van der Waals surface area contributed by atoms with Gasteiger partial charge in [0, 0.05) is 11.5 Å². The zero-order chi connectivity index (χ0) is 12.5. The first-order valence-corrected chi connectivity index (χ1v) is 6.11. The van der Waals surface area contributed by atoms with E-state index in [9.17, 15) is 4.79 Å². The first-order chi connectivity index (χ1) is 8.07. The van der Waals surface area contributed by atoms with Crippen LogP contribution in [0.15, 0.2) is 24.3 Å². The van der Waals surface area contributed by atoms with Gasteiger partial charge in [-0.15, -0.1) is 0 Å². The highest BCUT2D eigenvalue weighted by Crippen LogP contribution is 2.42. The molecule has 1 aliphatic carbocycles. The third kappa shape index (κ3) is 2.20. The summed E-state index contributed by atoms with van der Waals surface area (Å²) in [5.74, 6) is -0.748. The fourth-order valence-electron chi connectivity index (χ4n) is 2.98. The molecule has 2 rings (SSSR count). The number of hydrogen-bond donors (Lipinski definition) is 2. The molecule has 0 saturated heterocycles. The maximum absolute atomic E-state index is 11.1. The largest absolute Gasteiger partial charge is 0.481 e.